The van der Waals surface area contributed by atoms with E-state index in [1.807, 2.05) is 12.1 Å². The van der Waals surface area contributed by atoms with Crippen LogP contribution in [0.25, 0.3) is 17.2 Å². The normalized spacial score (nSPS) is 22.3. The lowest BCUT2D eigenvalue weighted by Gasteiger charge is -2.40. The first-order valence-electron chi connectivity index (χ1n) is 15.6. The van der Waals surface area contributed by atoms with E-state index in [-0.39, 0.29) is 30.1 Å². The van der Waals surface area contributed by atoms with E-state index in [1.54, 1.807) is 24.3 Å². The van der Waals surface area contributed by atoms with Crippen LogP contribution in [0.3, 0.4) is 0 Å². The molecule has 4 N–H and O–H groups in total. The van der Waals surface area contributed by atoms with Gasteiger partial charge in [-0.05, 0) is 101 Å². The number of benzene rings is 4. The number of phenols is 2. The lowest BCUT2D eigenvalue weighted by molar-refractivity contribution is 0.0181. The van der Waals surface area contributed by atoms with Gasteiger partial charge in [0.2, 0.25) is 0 Å². The van der Waals surface area contributed by atoms with Crippen LogP contribution < -0.4 is 24.8 Å². The molecule has 3 aliphatic heterocycles. The molecule has 3 heterocycles. The molecule has 0 fully saturated rings. The Morgan fingerprint density at radius 2 is 1.82 bits per heavy atom. The Morgan fingerprint density at radius 3 is 2.67 bits per heavy atom. The Labute approximate surface area is 260 Å². The molecule has 0 saturated carbocycles. The van der Waals surface area contributed by atoms with Crippen molar-refractivity contribution < 1.29 is 34.6 Å². The van der Waals surface area contributed by atoms with Crippen LogP contribution in [0.2, 0.25) is 0 Å². The summed E-state index contributed by atoms with van der Waals surface area (Å²) in [5.41, 5.74) is 7.92. The van der Waals surface area contributed by atoms with E-state index in [2.05, 4.69) is 29.3 Å². The van der Waals surface area contributed by atoms with Gasteiger partial charge in [-0.15, -0.1) is 0 Å². The second-order valence-corrected chi connectivity index (χ2v) is 12.5. The highest BCUT2D eigenvalue weighted by molar-refractivity contribution is 5.85. The lowest BCUT2D eigenvalue weighted by Crippen LogP contribution is -2.34. The number of aromatic hydroxyl groups is 2. The van der Waals surface area contributed by atoms with Crippen molar-refractivity contribution in [2.45, 2.75) is 56.3 Å². The number of hydrogen-bond acceptors (Lipinski definition) is 8. The quantitative estimate of drug-likeness (QED) is 0.273. The van der Waals surface area contributed by atoms with E-state index >= 15 is 0 Å². The van der Waals surface area contributed by atoms with E-state index in [9.17, 15) is 20.4 Å². The smallest absolute Gasteiger partial charge is 0.160 e. The summed E-state index contributed by atoms with van der Waals surface area (Å²) in [6.45, 7) is 0.617. The van der Waals surface area contributed by atoms with Gasteiger partial charge in [-0.2, -0.15) is 0 Å². The third kappa shape index (κ3) is 4.62. The third-order valence-electron chi connectivity index (χ3n) is 9.80. The van der Waals surface area contributed by atoms with Crippen molar-refractivity contribution >= 4 is 6.08 Å². The SMILES string of the molecule is COc1cc(C2Oc3c(c4c(c5c3CCC(CO)O5)-c3ccc(O)cc3C(Cc3ccc5c(c3)=CCN=5)C4)CC2O)ccc1O. The predicted molar refractivity (Wildman–Crippen MR) is 168 cm³/mol. The van der Waals surface area contributed by atoms with Gasteiger partial charge >= 0.3 is 0 Å². The monoisotopic (exact) mass is 605 g/mol. The molecule has 0 spiro atoms. The second kappa shape index (κ2) is 10.8. The van der Waals surface area contributed by atoms with Gasteiger partial charge in [0.25, 0.3) is 0 Å². The number of aliphatic hydroxyl groups is 2. The third-order valence-corrected chi connectivity index (χ3v) is 9.80. The molecule has 8 rings (SSSR count). The molecule has 0 saturated heterocycles. The van der Waals surface area contributed by atoms with E-state index in [0.29, 0.717) is 49.3 Å². The molecule has 230 valence electrons. The summed E-state index contributed by atoms with van der Waals surface area (Å²) in [5, 5.41) is 44.7. The average Bonchev–Trinajstić information content (AvgIpc) is 3.53. The Kier molecular flexibility index (Phi) is 6.73. The van der Waals surface area contributed by atoms with Crippen molar-refractivity contribution in [3.05, 3.63) is 98.6 Å². The number of ether oxygens (including phenoxy) is 3. The van der Waals surface area contributed by atoms with Crippen LogP contribution in [0, 0.1) is 0 Å². The minimum atomic E-state index is -0.834. The van der Waals surface area contributed by atoms with E-state index in [0.717, 1.165) is 56.1 Å². The molecular weight excluding hydrogens is 570 g/mol. The maximum atomic E-state index is 11.6. The van der Waals surface area contributed by atoms with Crippen LogP contribution in [0.5, 0.6) is 28.7 Å². The summed E-state index contributed by atoms with van der Waals surface area (Å²) in [6, 6.07) is 17.0. The van der Waals surface area contributed by atoms with Gasteiger partial charge in [0, 0.05) is 23.1 Å². The van der Waals surface area contributed by atoms with Crippen molar-refractivity contribution in [2.75, 3.05) is 20.3 Å². The topological polar surface area (TPSA) is 121 Å². The summed E-state index contributed by atoms with van der Waals surface area (Å²) in [6.07, 6.45) is 3.44. The van der Waals surface area contributed by atoms with Crippen molar-refractivity contribution in [3.8, 4) is 39.9 Å². The Bertz CT molecular complexity index is 1970. The van der Waals surface area contributed by atoms with Gasteiger partial charge < -0.3 is 34.6 Å². The van der Waals surface area contributed by atoms with Crippen molar-refractivity contribution in [3.63, 3.8) is 0 Å². The van der Waals surface area contributed by atoms with Gasteiger partial charge in [0.1, 0.15) is 29.5 Å². The van der Waals surface area contributed by atoms with Gasteiger partial charge in [0.05, 0.1) is 31.7 Å². The molecule has 0 amide bonds. The molecule has 4 aliphatic rings. The summed E-state index contributed by atoms with van der Waals surface area (Å²) in [4.78, 5) is 4.54. The van der Waals surface area contributed by atoms with Crippen LogP contribution >= 0.6 is 0 Å². The second-order valence-electron chi connectivity index (χ2n) is 12.5. The number of nitrogens with zero attached hydrogens (tertiary/aromatic N) is 1. The fourth-order valence-corrected chi connectivity index (χ4v) is 7.65. The van der Waals surface area contributed by atoms with Crippen LogP contribution in [0.4, 0.5) is 0 Å². The molecule has 45 heavy (non-hydrogen) atoms. The first-order chi connectivity index (χ1) is 21.9. The highest BCUT2D eigenvalue weighted by atomic mass is 16.5. The molecule has 4 atom stereocenters. The zero-order valence-corrected chi connectivity index (χ0v) is 25.0. The lowest BCUT2D eigenvalue weighted by atomic mass is 9.72. The average molecular weight is 606 g/mol. The molecule has 0 aromatic heterocycles. The van der Waals surface area contributed by atoms with Gasteiger partial charge in [-0.1, -0.05) is 24.3 Å². The summed E-state index contributed by atoms with van der Waals surface area (Å²) >= 11 is 0. The zero-order chi connectivity index (χ0) is 30.8. The van der Waals surface area contributed by atoms with E-state index < -0.39 is 12.2 Å². The molecule has 8 nitrogen and oxygen atoms in total. The molecule has 4 aromatic carbocycles. The maximum Gasteiger partial charge on any atom is 0.160 e. The fourth-order valence-electron chi connectivity index (χ4n) is 7.65. The number of fused-ring (bicyclic) bond motifs is 9. The molecular formula is C37H35NO7. The van der Waals surface area contributed by atoms with E-state index in [1.165, 1.54) is 12.7 Å². The minimum Gasteiger partial charge on any atom is -0.508 e. The molecule has 8 heteroatoms. The first kappa shape index (κ1) is 28.0. The van der Waals surface area contributed by atoms with Gasteiger partial charge in [0.15, 0.2) is 11.5 Å². The highest BCUT2D eigenvalue weighted by Gasteiger charge is 2.41. The van der Waals surface area contributed by atoms with Crippen molar-refractivity contribution in [2.24, 2.45) is 4.99 Å². The Hall–Kier alpha value is -4.53. The highest BCUT2D eigenvalue weighted by Crippen LogP contribution is 2.56. The maximum absolute atomic E-state index is 11.6. The van der Waals surface area contributed by atoms with Crippen LogP contribution in [0.15, 0.2) is 59.6 Å². The minimum absolute atomic E-state index is 0.0215. The number of phenolic OH excluding ortho intramolecular Hbond substituents is 2. The standard InChI is InChI=1S/C37H35NO7/c1-43-33-15-21(3-9-31(33)41)35-32(42)17-29-28-14-22(13-19-2-8-30-20(12-19)10-11-38-30)27-16-23(40)4-6-25(27)34(28)37-26(36(29)45-35)7-5-24(18-39)44-37/h2-4,6,8-10,12,15-16,22,24,32,35,39-42H,5,7,11,13-14,17-18H2,1H3. The molecule has 1 aliphatic carbocycles. The molecule has 0 bridgehead atoms. The molecule has 0 radical (unpaired) electrons. The first-order valence-corrected chi connectivity index (χ1v) is 15.6. The zero-order valence-electron chi connectivity index (χ0n) is 25.0. The fraction of sp³-hybridized carbons (Fsp3) is 0.324. The van der Waals surface area contributed by atoms with Crippen molar-refractivity contribution in [1.82, 2.24) is 0 Å². The van der Waals surface area contributed by atoms with Crippen molar-refractivity contribution in [1.29, 1.82) is 0 Å². The van der Waals surface area contributed by atoms with Crippen LogP contribution in [0.1, 0.15) is 51.8 Å². The van der Waals surface area contributed by atoms with Crippen LogP contribution in [-0.2, 0) is 25.7 Å². The number of rotatable bonds is 5. The Morgan fingerprint density at radius 1 is 0.933 bits per heavy atom. The number of hydrogen-bond donors (Lipinski definition) is 4. The van der Waals surface area contributed by atoms with Crippen LogP contribution in [-0.4, -0.2) is 52.9 Å². The summed E-state index contributed by atoms with van der Waals surface area (Å²) in [7, 11) is 1.49. The van der Waals surface area contributed by atoms with E-state index in [4.69, 9.17) is 14.2 Å². The van der Waals surface area contributed by atoms with Gasteiger partial charge in [-0.3, -0.25) is 4.99 Å². The molecule has 4 unspecified atom stereocenters. The summed E-state index contributed by atoms with van der Waals surface area (Å²) in [5.74, 6) is 2.06. The largest absolute Gasteiger partial charge is 0.508 e. The number of methoxy groups -OCH3 is 1. The Balaban J connectivity index is 1.28. The summed E-state index contributed by atoms with van der Waals surface area (Å²) < 4.78 is 18.6. The van der Waals surface area contributed by atoms with Gasteiger partial charge in [-0.25, -0.2) is 0 Å². The predicted octanol–water partition coefficient (Wildman–Crippen LogP) is 3.79. The number of aliphatic hydroxyl groups excluding tert-OH is 2. The molecule has 4 aromatic rings.